The highest BCUT2D eigenvalue weighted by Crippen LogP contribution is 2.47. The second-order valence-electron chi connectivity index (χ2n) is 18.8. The fraction of sp³-hybridized carbons (Fsp3) is 0.400. The molecule has 1 amide bonds. The number of alkyl carbamates (subject to hydrolysis) is 1. The Kier molecular flexibility index (Phi) is 9.94. The molecule has 66 heavy (non-hydrogen) atoms. The van der Waals surface area contributed by atoms with Gasteiger partial charge >= 0.3 is 17.8 Å². The van der Waals surface area contributed by atoms with Gasteiger partial charge in [-0.3, -0.25) is 14.5 Å². The van der Waals surface area contributed by atoms with Crippen molar-refractivity contribution in [3.8, 4) is 40.0 Å². The maximum Gasteiger partial charge on any atom is 0.407 e. The van der Waals surface area contributed by atoms with E-state index in [0.29, 0.717) is 76.1 Å². The Balaban J connectivity index is 0.747. The van der Waals surface area contributed by atoms with Crippen LogP contribution in [0.2, 0.25) is 0 Å². The highest BCUT2D eigenvalue weighted by atomic mass is 19.1. The zero-order chi connectivity index (χ0) is 45.8. The third-order valence-corrected chi connectivity index (χ3v) is 15.0. The molecule has 1 spiro atoms. The van der Waals surface area contributed by atoms with Crippen LogP contribution in [0.25, 0.3) is 39.4 Å². The smallest absolute Gasteiger partial charge is 0.407 e. The van der Waals surface area contributed by atoms with Gasteiger partial charge in [0.25, 0.3) is 5.56 Å². The monoisotopic (exact) mass is 895 g/mol. The minimum absolute atomic E-state index is 0.0156. The Morgan fingerprint density at radius 3 is 2.52 bits per heavy atom. The molecule has 3 aliphatic heterocycles. The van der Waals surface area contributed by atoms with Gasteiger partial charge in [-0.15, -0.1) is 0 Å². The first-order valence-corrected chi connectivity index (χ1v) is 22.9. The van der Waals surface area contributed by atoms with E-state index in [-0.39, 0.29) is 59.3 Å². The maximum absolute atomic E-state index is 15.4. The lowest BCUT2D eigenvalue weighted by molar-refractivity contribution is -0.148. The quantitative estimate of drug-likeness (QED) is 0.114. The van der Waals surface area contributed by atoms with Crippen LogP contribution in [0.15, 0.2) is 58.1 Å². The van der Waals surface area contributed by atoms with Gasteiger partial charge in [0.15, 0.2) is 5.82 Å². The van der Waals surface area contributed by atoms with Crippen molar-refractivity contribution in [3.05, 3.63) is 120 Å². The number of likely N-dealkylation sites (tertiary alicyclic amines) is 1. The number of ether oxygens (including phenoxy) is 2. The van der Waals surface area contributed by atoms with Gasteiger partial charge in [0.2, 0.25) is 0 Å². The van der Waals surface area contributed by atoms with Crippen LogP contribution in [0.1, 0.15) is 109 Å². The summed E-state index contributed by atoms with van der Waals surface area (Å²) in [5.41, 5.74) is 7.93. The van der Waals surface area contributed by atoms with Crippen molar-refractivity contribution in [2.75, 3.05) is 13.1 Å². The number of hydrogen-bond donors (Lipinski definition) is 4. The summed E-state index contributed by atoms with van der Waals surface area (Å²) < 4.78 is 30.0. The van der Waals surface area contributed by atoms with E-state index in [1.807, 2.05) is 44.2 Å². The molecule has 2 unspecified atom stereocenters. The highest BCUT2D eigenvalue weighted by Gasteiger charge is 2.46. The molecule has 1 saturated carbocycles. The van der Waals surface area contributed by atoms with E-state index in [1.165, 1.54) is 16.7 Å². The number of esters is 1. The van der Waals surface area contributed by atoms with Gasteiger partial charge in [0.1, 0.15) is 30.0 Å². The molecule has 6 heterocycles. The first-order chi connectivity index (χ1) is 31.8. The molecule has 2 aliphatic carbocycles. The van der Waals surface area contributed by atoms with Crippen molar-refractivity contribution in [2.45, 2.75) is 110 Å². The molecule has 2 atom stereocenters. The standard InChI is InChI=1S/C50H50FN7O8/c1-4-27-16-33(41(60)19-40(27)59)45-54-55-48(63)58(45)28-8-6-26(7-9-28)20-56-23-50(24-56)14-12-29(13-15-50)66-49(64)53-37-11-10-31-25(3)36(51)18-38-42(31)43(37)34-21-57-39(44(34)52-38)17-32-30(5-2)47(62)65-22-35(32)46(57)61/h6-9,16-19,29-30,37,59-60H,4-5,10-15,20-24H2,1-3H3,(H,53,64)(H,55,63). The summed E-state index contributed by atoms with van der Waals surface area (Å²) in [5, 5.41) is 31.5. The number of aromatic amines is 1. The molecule has 5 aliphatic rings. The number of aryl methyl sites for hydroxylation is 2. The molecular formula is C50H50FN7O8. The Morgan fingerprint density at radius 2 is 1.77 bits per heavy atom. The number of nitrogens with one attached hydrogen (secondary N) is 2. The molecule has 15 nitrogen and oxygen atoms in total. The lowest BCUT2D eigenvalue weighted by Gasteiger charge is -2.53. The van der Waals surface area contributed by atoms with E-state index in [0.717, 1.165) is 73.0 Å². The van der Waals surface area contributed by atoms with Crippen molar-refractivity contribution in [3.63, 3.8) is 0 Å². The highest BCUT2D eigenvalue weighted by molar-refractivity contribution is 5.93. The first-order valence-electron chi connectivity index (χ1n) is 22.9. The summed E-state index contributed by atoms with van der Waals surface area (Å²) in [4.78, 5) is 60.7. The molecule has 3 aromatic heterocycles. The van der Waals surface area contributed by atoms with E-state index in [1.54, 1.807) is 17.6 Å². The summed E-state index contributed by atoms with van der Waals surface area (Å²) in [7, 11) is 0. The average Bonchev–Trinajstić information content (AvgIpc) is 3.86. The molecule has 340 valence electrons. The summed E-state index contributed by atoms with van der Waals surface area (Å²) >= 11 is 0. The summed E-state index contributed by atoms with van der Waals surface area (Å²) in [6.45, 7) is 8.30. The summed E-state index contributed by atoms with van der Waals surface area (Å²) in [6, 6.07) is 13.5. The number of halogens is 1. The predicted molar refractivity (Wildman–Crippen MR) is 241 cm³/mol. The van der Waals surface area contributed by atoms with Gasteiger partial charge in [0, 0.05) is 42.7 Å². The molecular weight excluding hydrogens is 846 g/mol. The number of carbonyl (C=O) groups is 2. The fourth-order valence-electron chi connectivity index (χ4n) is 11.5. The third-order valence-electron chi connectivity index (χ3n) is 15.0. The number of benzene rings is 3. The van der Waals surface area contributed by atoms with Crippen LogP contribution in [0, 0.1) is 18.2 Å². The molecule has 16 heteroatoms. The van der Waals surface area contributed by atoms with Crippen molar-refractivity contribution in [1.29, 1.82) is 0 Å². The number of phenols is 2. The summed E-state index contributed by atoms with van der Waals surface area (Å²) in [6.07, 6.45) is 4.74. The Bertz CT molecular complexity index is 3140. The zero-order valence-electron chi connectivity index (χ0n) is 37.0. The van der Waals surface area contributed by atoms with Crippen LogP contribution in [0.5, 0.6) is 11.5 Å². The van der Waals surface area contributed by atoms with Crippen molar-refractivity contribution >= 4 is 23.0 Å². The SMILES string of the molecule is CCc1cc(-c2n[nH]c(=O)n2-c2ccc(CN3CC4(CCC(OC(=O)NC5CCc6c(C)c(F)cc7nc8c(c5c67)Cn5c-8cc6c(c5=O)COC(=O)C6CC)CC4)C3)cc2)c(O)cc1O. The van der Waals surface area contributed by atoms with Gasteiger partial charge in [-0.2, -0.15) is 5.10 Å². The minimum atomic E-state index is -0.557. The molecule has 6 aromatic rings. The lowest BCUT2D eigenvalue weighted by Crippen LogP contribution is -2.57. The van der Waals surface area contributed by atoms with E-state index < -0.39 is 23.7 Å². The van der Waals surface area contributed by atoms with Crippen LogP contribution in [0.3, 0.4) is 0 Å². The molecule has 0 radical (unpaired) electrons. The normalized spacial score (nSPS) is 19.5. The number of nitrogens with zero attached hydrogens (tertiary/aromatic N) is 5. The largest absolute Gasteiger partial charge is 0.508 e. The molecule has 2 fully saturated rings. The van der Waals surface area contributed by atoms with E-state index in [9.17, 15) is 29.4 Å². The number of pyridine rings is 2. The van der Waals surface area contributed by atoms with Crippen LogP contribution in [0.4, 0.5) is 9.18 Å². The van der Waals surface area contributed by atoms with Crippen LogP contribution < -0.4 is 16.6 Å². The van der Waals surface area contributed by atoms with Gasteiger partial charge in [-0.1, -0.05) is 26.0 Å². The number of cyclic esters (lactones) is 1. The second kappa shape index (κ2) is 15.7. The van der Waals surface area contributed by atoms with Gasteiger partial charge in [-0.05, 0) is 121 Å². The van der Waals surface area contributed by atoms with Gasteiger partial charge < -0.3 is 29.6 Å². The summed E-state index contributed by atoms with van der Waals surface area (Å²) in [5.74, 6) is -1.21. The molecule has 3 aromatic carbocycles. The number of carbonyl (C=O) groups excluding carboxylic acids is 2. The average molecular weight is 896 g/mol. The number of phenolic OH excluding ortho intramolecular Hbond substituents is 2. The van der Waals surface area contributed by atoms with Crippen molar-refractivity contribution in [1.82, 2.24) is 34.5 Å². The van der Waals surface area contributed by atoms with E-state index in [4.69, 9.17) is 14.5 Å². The van der Waals surface area contributed by atoms with Crippen LogP contribution >= 0.6 is 0 Å². The maximum atomic E-state index is 15.4. The Morgan fingerprint density at radius 1 is 1.00 bits per heavy atom. The van der Waals surface area contributed by atoms with Crippen molar-refractivity contribution < 1.29 is 33.7 Å². The van der Waals surface area contributed by atoms with E-state index in [2.05, 4.69) is 20.4 Å². The third kappa shape index (κ3) is 6.70. The topological polar surface area (TPSA) is 194 Å². The fourth-order valence-corrected chi connectivity index (χ4v) is 11.5. The number of aromatic hydroxyl groups is 2. The van der Waals surface area contributed by atoms with Crippen LogP contribution in [-0.4, -0.2) is 70.7 Å². The molecule has 0 bridgehead atoms. The Hall–Kier alpha value is -6.81. The lowest BCUT2D eigenvalue weighted by atomic mass is 9.68. The number of aromatic nitrogens is 5. The number of H-pyrrole nitrogens is 1. The first kappa shape index (κ1) is 41.9. The minimum Gasteiger partial charge on any atom is -0.508 e. The predicted octanol–water partition coefficient (Wildman–Crippen LogP) is 7.10. The molecule has 4 N–H and O–H groups in total. The second-order valence-corrected chi connectivity index (χ2v) is 18.8. The number of fused-ring (bicyclic) bond motifs is 5. The molecule has 11 rings (SSSR count). The number of hydrogen-bond acceptors (Lipinski definition) is 11. The van der Waals surface area contributed by atoms with Crippen LogP contribution in [-0.2, 0) is 46.8 Å². The van der Waals surface area contributed by atoms with E-state index >= 15 is 4.39 Å². The molecule has 1 saturated heterocycles. The van der Waals surface area contributed by atoms with Crippen molar-refractivity contribution in [2.24, 2.45) is 5.41 Å². The number of amides is 1. The van der Waals surface area contributed by atoms with Gasteiger partial charge in [-0.25, -0.2) is 28.6 Å². The zero-order valence-corrected chi connectivity index (χ0v) is 37.0. The Labute approximate surface area is 378 Å². The number of rotatable bonds is 8. The van der Waals surface area contributed by atoms with Gasteiger partial charge in [0.05, 0.1) is 52.2 Å².